The third-order valence-electron chi connectivity index (χ3n) is 2.95. The maximum absolute atomic E-state index is 12.5. The highest BCUT2D eigenvalue weighted by Crippen LogP contribution is 2.34. The summed E-state index contributed by atoms with van der Waals surface area (Å²) in [6.07, 6.45) is 2.78. The number of nitrogens with two attached hydrogens (primary N) is 1. The summed E-state index contributed by atoms with van der Waals surface area (Å²) in [5.74, 6) is 0. The van der Waals surface area contributed by atoms with Gasteiger partial charge in [0.2, 0.25) is 10.0 Å². The van der Waals surface area contributed by atoms with Crippen LogP contribution in [0.5, 0.6) is 0 Å². The lowest BCUT2D eigenvalue weighted by atomic mass is 10.2. The molecule has 2 N–H and O–H groups in total. The van der Waals surface area contributed by atoms with Gasteiger partial charge in [-0.3, -0.25) is 0 Å². The van der Waals surface area contributed by atoms with Gasteiger partial charge in [0.25, 0.3) is 0 Å². The van der Waals surface area contributed by atoms with Crippen LogP contribution in [0.3, 0.4) is 0 Å². The first kappa shape index (κ1) is 13.9. The number of piperidine rings is 1. The van der Waals surface area contributed by atoms with Crippen LogP contribution >= 0.6 is 23.2 Å². The molecule has 7 heteroatoms. The van der Waals surface area contributed by atoms with Crippen LogP contribution in [0.25, 0.3) is 0 Å². The number of halogens is 2. The van der Waals surface area contributed by atoms with E-state index in [9.17, 15) is 8.42 Å². The average molecular weight is 309 g/mol. The fourth-order valence-corrected chi connectivity index (χ4v) is 4.55. The fraction of sp³-hybridized carbons (Fsp3) is 0.455. The van der Waals surface area contributed by atoms with E-state index in [-0.39, 0.29) is 15.6 Å². The van der Waals surface area contributed by atoms with Crippen molar-refractivity contribution >= 4 is 38.9 Å². The molecule has 1 saturated heterocycles. The van der Waals surface area contributed by atoms with Gasteiger partial charge in [0.1, 0.15) is 4.90 Å². The maximum atomic E-state index is 12.5. The topological polar surface area (TPSA) is 63.4 Å². The molecule has 1 aromatic carbocycles. The van der Waals surface area contributed by atoms with Crippen LogP contribution in [0.2, 0.25) is 10.0 Å². The van der Waals surface area contributed by atoms with E-state index in [1.165, 1.54) is 16.4 Å². The molecule has 0 saturated carbocycles. The second-order valence-corrected chi connectivity index (χ2v) is 6.99. The SMILES string of the molecule is Nc1cc(Cl)cc(Cl)c1S(=O)(=O)N1CCCCC1. The number of hydrogen-bond donors (Lipinski definition) is 1. The molecule has 1 aliphatic rings. The standard InChI is InChI=1S/C11H14Cl2N2O2S/c12-8-6-9(13)11(10(14)7-8)18(16,17)15-4-2-1-3-5-15/h6-7H,1-5,14H2. The summed E-state index contributed by atoms with van der Waals surface area (Å²) < 4.78 is 26.3. The molecule has 0 unspecified atom stereocenters. The number of hydrogen-bond acceptors (Lipinski definition) is 3. The first-order chi connectivity index (χ1) is 8.43. The van der Waals surface area contributed by atoms with Crippen LogP contribution < -0.4 is 5.73 Å². The molecule has 100 valence electrons. The van der Waals surface area contributed by atoms with Crippen LogP contribution in [0.15, 0.2) is 17.0 Å². The second-order valence-electron chi connectivity index (χ2n) is 4.27. The molecule has 0 aromatic heterocycles. The average Bonchev–Trinajstić information content (AvgIpc) is 2.28. The Kier molecular flexibility index (Phi) is 4.06. The Morgan fingerprint density at radius 3 is 2.28 bits per heavy atom. The van der Waals surface area contributed by atoms with Crippen molar-refractivity contribution in [3.8, 4) is 0 Å². The normalized spacial score (nSPS) is 17.9. The Morgan fingerprint density at radius 2 is 1.72 bits per heavy atom. The molecule has 1 heterocycles. The summed E-state index contributed by atoms with van der Waals surface area (Å²) in [4.78, 5) is -0.0320. The first-order valence-corrected chi connectivity index (χ1v) is 7.87. The third-order valence-corrected chi connectivity index (χ3v) is 5.59. The van der Waals surface area contributed by atoms with Crippen molar-refractivity contribution in [2.45, 2.75) is 24.2 Å². The van der Waals surface area contributed by atoms with Crippen LogP contribution in [0.1, 0.15) is 19.3 Å². The largest absolute Gasteiger partial charge is 0.398 e. The van der Waals surface area contributed by atoms with Crippen molar-refractivity contribution < 1.29 is 8.42 Å². The summed E-state index contributed by atoms with van der Waals surface area (Å²) >= 11 is 11.8. The number of anilines is 1. The van der Waals surface area contributed by atoms with Gasteiger partial charge >= 0.3 is 0 Å². The van der Waals surface area contributed by atoms with E-state index in [1.807, 2.05) is 0 Å². The number of rotatable bonds is 2. The summed E-state index contributed by atoms with van der Waals surface area (Å²) in [5.41, 5.74) is 5.84. The van der Waals surface area contributed by atoms with Gasteiger partial charge in [0.15, 0.2) is 0 Å². The molecule has 0 spiro atoms. The molecular weight excluding hydrogens is 295 g/mol. The molecule has 1 aromatic rings. The summed E-state index contributed by atoms with van der Waals surface area (Å²) in [6.45, 7) is 1.03. The van der Waals surface area contributed by atoms with E-state index < -0.39 is 10.0 Å². The van der Waals surface area contributed by atoms with E-state index in [1.54, 1.807) is 0 Å². The molecule has 0 radical (unpaired) electrons. The highest BCUT2D eigenvalue weighted by Gasteiger charge is 2.30. The Morgan fingerprint density at radius 1 is 1.11 bits per heavy atom. The predicted molar refractivity (Wildman–Crippen MR) is 73.5 cm³/mol. The fourth-order valence-electron chi connectivity index (χ4n) is 2.09. The summed E-state index contributed by atoms with van der Waals surface area (Å²) in [5, 5.41) is 0.403. The van der Waals surface area contributed by atoms with Crippen molar-refractivity contribution in [3.05, 3.63) is 22.2 Å². The molecule has 2 rings (SSSR count). The van der Waals surface area contributed by atoms with Crippen LogP contribution in [-0.4, -0.2) is 25.8 Å². The smallest absolute Gasteiger partial charge is 0.246 e. The lowest BCUT2D eigenvalue weighted by molar-refractivity contribution is 0.347. The summed E-state index contributed by atoms with van der Waals surface area (Å²) in [7, 11) is -3.62. The zero-order valence-corrected chi connectivity index (χ0v) is 12.0. The minimum Gasteiger partial charge on any atom is -0.398 e. The van der Waals surface area contributed by atoms with Gasteiger partial charge in [-0.25, -0.2) is 8.42 Å². The molecule has 0 amide bonds. The van der Waals surface area contributed by atoms with Crippen LogP contribution in [0, 0.1) is 0 Å². The minimum absolute atomic E-state index is 0.0320. The lowest BCUT2D eigenvalue weighted by Gasteiger charge is -2.26. The zero-order chi connectivity index (χ0) is 13.3. The molecule has 0 bridgehead atoms. The molecule has 1 fully saturated rings. The van der Waals surface area contributed by atoms with E-state index in [4.69, 9.17) is 28.9 Å². The molecule has 0 aliphatic carbocycles. The first-order valence-electron chi connectivity index (χ1n) is 5.67. The molecule has 4 nitrogen and oxygen atoms in total. The molecule has 0 atom stereocenters. The molecule has 1 aliphatic heterocycles. The van der Waals surface area contributed by atoms with Gasteiger partial charge in [0.05, 0.1) is 10.7 Å². The van der Waals surface area contributed by atoms with Crippen molar-refractivity contribution in [2.75, 3.05) is 18.8 Å². The Hall–Kier alpha value is -0.490. The third kappa shape index (κ3) is 2.59. The van der Waals surface area contributed by atoms with Crippen molar-refractivity contribution in [1.29, 1.82) is 0 Å². The van der Waals surface area contributed by atoms with Crippen molar-refractivity contribution in [3.63, 3.8) is 0 Å². The van der Waals surface area contributed by atoms with E-state index in [0.29, 0.717) is 18.1 Å². The highest BCUT2D eigenvalue weighted by molar-refractivity contribution is 7.89. The van der Waals surface area contributed by atoms with E-state index in [2.05, 4.69) is 0 Å². The summed E-state index contributed by atoms with van der Waals surface area (Å²) in [6, 6.07) is 2.81. The van der Waals surface area contributed by atoms with Gasteiger partial charge in [-0.1, -0.05) is 29.6 Å². The van der Waals surface area contributed by atoms with Crippen LogP contribution in [-0.2, 0) is 10.0 Å². The predicted octanol–water partition coefficient (Wildman–Crippen LogP) is 2.75. The van der Waals surface area contributed by atoms with Gasteiger partial charge < -0.3 is 5.73 Å². The highest BCUT2D eigenvalue weighted by atomic mass is 35.5. The molecule has 18 heavy (non-hydrogen) atoms. The number of nitrogen functional groups attached to an aromatic ring is 1. The van der Waals surface area contributed by atoms with E-state index >= 15 is 0 Å². The number of nitrogens with zero attached hydrogens (tertiary/aromatic N) is 1. The number of benzene rings is 1. The maximum Gasteiger partial charge on any atom is 0.246 e. The van der Waals surface area contributed by atoms with Gasteiger partial charge in [-0.2, -0.15) is 4.31 Å². The Bertz CT molecular complexity index is 531. The Balaban J connectivity index is 2.47. The monoisotopic (exact) mass is 308 g/mol. The van der Waals surface area contributed by atoms with Crippen molar-refractivity contribution in [1.82, 2.24) is 4.31 Å². The Labute approximate surface area is 117 Å². The number of sulfonamides is 1. The lowest BCUT2D eigenvalue weighted by Crippen LogP contribution is -2.36. The minimum atomic E-state index is -3.62. The van der Waals surface area contributed by atoms with Crippen molar-refractivity contribution in [2.24, 2.45) is 0 Å². The molecular formula is C11H14Cl2N2O2S. The zero-order valence-electron chi connectivity index (χ0n) is 9.70. The van der Waals surface area contributed by atoms with E-state index in [0.717, 1.165) is 19.3 Å². The van der Waals surface area contributed by atoms with Crippen LogP contribution in [0.4, 0.5) is 5.69 Å². The van der Waals surface area contributed by atoms with Gasteiger partial charge in [-0.15, -0.1) is 0 Å². The quantitative estimate of drug-likeness (QED) is 0.854. The second kappa shape index (κ2) is 5.25. The van der Waals surface area contributed by atoms with Gasteiger partial charge in [0, 0.05) is 18.1 Å². The van der Waals surface area contributed by atoms with Gasteiger partial charge in [-0.05, 0) is 25.0 Å².